The van der Waals surface area contributed by atoms with Crippen LogP contribution in [0.2, 0.25) is 0 Å². The monoisotopic (exact) mass is 336 g/mol. The number of aliphatic imine (C=N–C) groups is 1. The molecule has 2 aliphatic heterocycles. The minimum absolute atomic E-state index is 0.180. The first-order valence-electron chi connectivity index (χ1n) is 8.46. The van der Waals surface area contributed by atoms with Gasteiger partial charge in [0.25, 0.3) is 0 Å². The molecule has 0 spiro atoms. The molecule has 5 nitrogen and oxygen atoms in total. The van der Waals surface area contributed by atoms with Gasteiger partial charge in [0, 0.05) is 13.0 Å². The van der Waals surface area contributed by atoms with Gasteiger partial charge in [-0.1, -0.05) is 30.3 Å². The van der Waals surface area contributed by atoms with Crippen molar-refractivity contribution in [2.75, 3.05) is 7.11 Å². The predicted octanol–water partition coefficient (Wildman–Crippen LogP) is 3.45. The summed E-state index contributed by atoms with van der Waals surface area (Å²) in [5.74, 6) is 1.60. The Hall–Kier alpha value is -2.82. The number of amidine groups is 1. The largest absolute Gasteiger partial charge is 0.497 e. The van der Waals surface area contributed by atoms with E-state index in [1.54, 1.807) is 7.11 Å². The Kier molecular flexibility index (Phi) is 4.14. The number of rotatable bonds is 4. The number of para-hydroxylation sites is 1. The molecule has 1 atom stereocenters. The molecule has 1 saturated heterocycles. The number of fused-ring (bicyclic) bond motifs is 2. The maximum Gasteiger partial charge on any atom is 0.329 e. The van der Waals surface area contributed by atoms with E-state index in [1.807, 2.05) is 42.5 Å². The lowest BCUT2D eigenvalue weighted by Crippen LogP contribution is -2.40. The molecule has 0 aliphatic carbocycles. The van der Waals surface area contributed by atoms with E-state index in [9.17, 15) is 4.79 Å². The van der Waals surface area contributed by atoms with Crippen molar-refractivity contribution in [3.8, 4) is 5.75 Å². The Labute approximate surface area is 146 Å². The van der Waals surface area contributed by atoms with Crippen molar-refractivity contribution in [3.63, 3.8) is 0 Å². The van der Waals surface area contributed by atoms with E-state index in [4.69, 9.17) is 14.5 Å². The highest BCUT2D eigenvalue weighted by molar-refractivity contribution is 5.94. The van der Waals surface area contributed by atoms with Crippen molar-refractivity contribution in [1.29, 1.82) is 0 Å². The summed E-state index contributed by atoms with van der Waals surface area (Å²) >= 11 is 0. The zero-order valence-corrected chi connectivity index (χ0v) is 14.1. The Morgan fingerprint density at radius 2 is 2.00 bits per heavy atom. The van der Waals surface area contributed by atoms with Gasteiger partial charge in [-0.25, -0.2) is 9.79 Å². The molecule has 0 N–H and O–H groups in total. The van der Waals surface area contributed by atoms with Crippen molar-refractivity contribution >= 4 is 17.5 Å². The van der Waals surface area contributed by atoms with E-state index >= 15 is 0 Å². The minimum atomic E-state index is -0.245. The fourth-order valence-electron chi connectivity index (χ4n) is 3.36. The number of nitrogens with zero attached hydrogens (tertiary/aromatic N) is 2. The van der Waals surface area contributed by atoms with Gasteiger partial charge in [0.05, 0.1) is 12.8 Å². The first-order valence-corrected chi connectivity index (χ1v) is 8.46. The molecule has 0 bridgehead atoms. The number of methoxy groups -OCH3 is 1. The lowest BCUT2D eigenvalue weighted by Gasteiger charge is -2.29. The summed E-state index contributed by atoms with van der Waals surface area (Å²) in [5, 5.41) is 0. The third-order valence-electron chi connectivity index (χ3n) is 4.74. The normalized spacial score (nSPS) is 18.2. The highest BCUT2D eigenvalue weighted by Crippen LogP contribution is 2.33. The highest BCUT2D eigenvalue weighted by atomic mass is 16.5. The molecule has 25 heavy (non-hydrogen) atoms. The third kappa shape index (κ3) is 3.09. The highest BCUT2D eigenvalue weighted by Gasteiger charge is 2.37. The van der Waals surface area contributed by atoms with Crippen LogP contribution < -0.4 is 4.74 Å². The molecule has 0 aromatic heterocycles. The summed E-state index contributed by atoms with van der Waals surface area (Å²) in [4.78, 5) is 19.3. The molecule has 1 fully saturated rings. The smallest absolute Gasteiger partial charge is 0.329 e. The number of hydrogen-bond acceptors (Lipinski definition) is 5. The van der Waals surface area contributed by atoms with Gasteiger partial charge in [-0.15, -0.1) is 0 Å². The fraction of sp³-hybridized carbons (Fsp3) is 0.300. The number of benzene rings is 2. The van der Waals surface area contributed by atoms with Crippen LogP contribution >= 0.6 is 0 Å². The zero-order valence-electron chi connectivity index (χ0n) is 14.1. The average Bonchev–Trinajstić information content (AvgIpc) is 3.07. The Bertz CT molecular complexity index is 814. The molecular formula is C20H20N2O3. The first-order chi connectivity index (χ1) is 12.2. The summed E-state index contributed by atoms with van der Waals surface area (Å²) < 4.78 is 10.7. The van der Waals surface area contributed by atoms with Crippen LogP contribution in [-0.4, -0.2) is 29.9 Å². The Morgan fingerprint density at radius 1 is 1.20 bits per heavy atom. The number of esters is 1. The van der Waals surface area contributed by atoms with Crippen LogP contribution in [0, 0.1) is 0 Å². The fourth-order valence-corrected chi connectivity index (χ4v) is 3.36. The van der Waals surface area contributed by atoms with E-state index in [0.717, 1.165) is 47.8 Å². The molecule has 0 amide bonds. The average molecular weight is 336 g/mol. The molecule has 4 rings (SSSR count). The second-order valence-corrected chi connectivity index (χ2v) is 6.29. The topological polar surface area (TPSA) is 51.1 Å². The van der Waals surface area contributed by atoms with Crippen LogP contribution in [0.25, 0.3) is 0 Å². The maximum absolute atomic E-state index is 12.6. The Balaban J connectivity index is 1.41. The van der Waals surface area contributed by atoms with Gasteiger partial charge in [-0.3, -0.25) is 0 Å². The van der Waals surface area contributed by atoms with Crippen molar-refractivity contribution in [2.24, 2.45) is 4.99 Å². The van der Waals surface area contributed by atoms with Crippen molar-refractivity contribution in [3.05, 3.63) is 59.7 Å². The molecule has 128 valence electrons. The van der Waals surface area contributed by atoms with Gasteiger partial charge >= 0.3 is 5.97 Å². The summed E-state index contributed by atoms with van der Waals surface area (Å²) in [6, 6.07) is 15.4. The number of hydrogen-bond donors (Lipinski definition) is 0. The maximum atomic E-state index is 12.6. The van der Waals surface area contributed by atoms with E-state index in [1.165, 1.54) is 0 Å². The second kappa shape index (κ2) is 6.59. The lowest BCUT2D eigenvalue weighted by atomic mass is 10.1. The van der Waals surface area contributed by atoms with Crippen LogP contribution in [-0.2, 0) is 22.7 Å². The van der Waals surface area contributed by atoms with Gasteiger partial charge in [0.1, 0.15) is 24.2 Å². The lowest BCUT2D eigenvalue weighted by molar-refractivity contribution is -0.149. The minimum Gasteiger partial charge on any atom is -0.497 e. The van der Waals surface area contributed by atoms with Crippen molar-refractivity contribution in [1.82, 2.24) is 4.90 Å². The molecule has 0 saturated carbocycles. The number of ether oxygens (including phenoxy) is 2. The van der Waals surface area contributed by atoms with Crippen LogP contribution in [0.3, 0.4) is 0 Å². The molecule has 2 aliphatic rings. The van der Waals surface area contributed by atoms with E-state index in [2.05, 4.69) is 11.0 Å². The van der Waals surface area contributed by atoms with Gasteiger partial charge in [0.15, 0.2) is 0 Å². The van der Waals surface area contributed by atoms with Crippen LogP contribution in [0.5, 0.6) is 5.75 Å². The Morgan fingerprint density at radius 3 is 2.80 bits per heavy atom. The van der Waals surface area contributed by atoms with Gasteiger partial charge < -0.3 is 14.4 Å². The van der Waals surface area contributed by atoms with Gasteiger partial charge in [0.2, 0.25) is 0 Å². The summed E-state index contributed by atoms with van der Waals surface area (Å²) in [6.45, 7) is 0.994. The second-order valence-electron chi connectivity index (χ2n) is 6.29. The molecule has 0 radical (unpaired) electrons. The van der Waals surface area contributed by atoms with Gasteiger partial charge in [-0.2, -0.15) is 0 Å². The number of carbonyl (C=O) groups is 1. The third-order valence-corrected chi connectivity index (χ3v) is 4.74. The SMILES string of the molecule is COc1ccc(COC(=O)[C@H]2CCC3=Nc4ccccc4CN32)cc1. The molecular weight excluding hydrogens is 316 g/mol. The molecule has 2 heterocycles. The quantitative estimate of drug-likeness (QED) is 0.803. The van der Waals surface area contributed by atoms with Gasteiger partial charge in [-0.05, 0) is 35.7 Å². The number of carbonyl (C=O) groups excluding carboxylic acids is 1. The summed E-state index contributed by atoms with van der Waals surface area (Å²) in [5.41, 5.74) is 3.12. The van der Waals surface area contributed by atoms with E-state index in [0.29, 0.717) is 0 Å². The predicted molar refractivity (Wildman–Crippen MR) is 94.9 cm³/mol. The van der Waals surface area contributed by atoms with Crippen molar-refractivity contribution < 1.29 is 14.3 Å². The zero-order chi connectivity index (χ0) is 17.2. The van der Waals surface area contributed by atoms with Crippen molar-refractivity contribution in [2.45, 2.75) is 32.0 Å². The summed E-state index contributed by atoms with van der Waals surface area (Å²) in [7, 11) is 1.63. The van der Waals surface area contributed by atoms with Crippen LogP contribution in [0.1, 0.15) is 24.0 Å². The summed E-state index contributed by atoms with van der Waals surface area (Å²) in [6.07, 6.45) is 1.57. The van der Waals surface area contributed by atoms with Crippen LogP contribution in [0.4, 0.5) is 5.69 Å². The van der Waals surface area contributed by atoms with E-state index < -0.39 is 0 Å². The molecule has 2 aromatic carbocycles. The molecule has 0 unspecified atom stereocenters. The molecule has 5 heteroatoms. The van der Waals surface area contributed by atoms with E-state index in [-0.39, 0.29) is 18.6 Å². The standard InChI is InChI=1S/C20H20N2O3/c1-24-16-8-6-14(7-9-16)13-25-20(23)18-10-11-19-21-17-5-3-2-4-15(17)12-22(18)19/h2-9,18H,10-13H2,1H3/t18-/m1/s1. The molecule has 2 aromatic rings. The van der Waals surface area contributed by atoms with Crippen LogP contribution in [0.15, 0.2) is 53.5 Å². The first kappa shape index (κ1) is 15.7.